The smallest absolute Gasteiger partial charge is 0.252 e. The van der Waals surface area contributed by atoms with E-state index in [1.54, 1.807) is 12.1 Å². The summed E-state index contributed by atoms with van der Waals surface area (Å²) in [5.74, 6) is 0.472. The van der Waals surface area contributed by atoms with E-state index in [-0.39, 0.29) is 22.5 Å². The third kappa shape index (κ3) is 5.97. The van der Waals surface area contributed by atoms with Crippen molar-refractivity contribution in [2.24, 2.45) is 0 Å². The van der Waals surface area contributed by atoms with Crippen LogP contribution in [-0.2, 0) is 9.84 Å². The Hall–Kier alpha value is -2.09. The number of aryl methyl sites for hydroxylation is 1. The molecule has 0 radical (unpaired) electrons. The highest BCUT2D eigenvalue weighted by atomic mass is 35.5. The third-order valence-corrected chi connectivity index (χ3v) is 6.79. The van der Waals surface area contributed by atoms with E-state index in [0.717, 1.165) is 48.5 Å². The summed E-state index contributed by atoms with van der Waals surface area (Å²) in [7, 11) is -3.45. The number of hydrogen-bond donors (Lipinski definition) is 1. The SMILES string of the molecule is Cc1cc(OC2CCN(CCNC(=O)c3ccccc3S(C)(=O)=O)CC2)ccc1Cl. The molecule has 1 amide bonds. The Morgan fingerprint density at radius 1 is 1.20 bits per heavy atom. The molecule has 1 N–H and O–H groups in total. The van der Waals surface area contributed by atoms with Gasteiger partial charge in [0.25, 0.3) is 5.91 Å². The van der Waals surface area contributed by atoms with E-state index in [9.17, 15) is 13.2 Å². The van der Waals surface area contributed by atoms with Gasteiger partial charge in [0, 0.05) is 37.5 Å². The number of rotatable bonds is 7. The monoisotopic (exact) mass is 450 g/mol. The molecule has 0 saturated carbocycles. The average Bonchev–Trinajstić information content (AvgIpc) is 2.71. The van der Waals surface area contributed by atoms with Gasteiger partial charge in [-0.3, -0.25) is 4.79 Å². The predicted molar refractivity (Wildman–Crippen MR) is 118 cm³/mol. The zero-order chi connectivity index (χ0) is 21.7. The average molecular weight is 451 g/mol. The maximum Gasteiger partial charge on any atom is 0.252 e. The van der Waals surface area contributed by atoms with Crippen molar-refractivity contribution in [2.45, 2.75) is 30.8 Å². The normalized spacial score (nSPS) is 15.7. The lowest BCUT2D eigenvalue weighted by atomic mass is 10.1. The summed E-state index contributed by atoms with van der Waals surface area (Å²) in [5.41, 5.74) is 1.19. The molecule has 0 unspecified atom stereocenters. The number of sulfone groups is 1. The van der Waals surface area contributed by atoms with Crippen LogP contribution in [0.15, 0.2) is 47.4 Å². The molecule has 0 aliphatic carbocycles. The van der Waals surface area contributed by atoms with Gasteiger partial charge in [0.05, 0.1) is 10.5 Å². The van der Waals surface area contributed by atoms with Crippen molar-refractivity contribution in [3.8, 4) is 5.75 Å². The first-order chi connectivity index (χ1) is 14.2. The maximum absolute atomic E-state index is 12.4. The first kappa shape index (κ1) is 22.6. The Morgan fingerprint density at radius 3 is 2.57 bits per heavy atom. The van der Waals surface area contributed by atoms with Gasteiger partial charge in [0.15, 0.2) is 9.84 Å². The number of benzene rings is 2. The minimum atomic E-state index is -3.45. The van der Waals surface area contributed by atoms with Crippen molar-refractivity contribution in [2.75, 3.05) is 32.4 Å². The molecule has 2 aromatic carbocycles. The topological polar surface area (TPSA) is 75.7 Å². The maximum atomic E-state index is 12.4. The molecule has 1 saturated heterocycles. The van der Waals surface area contributed by atoms with Crippen molar-refractivity contribution in [1.29, 1.82) is 0 Å². The number of likely N-dealkylation sites (tertiary alicyclic amines) is 1. The second-order valence-electron chi connectivity index (χ2n) is 7.59. The highest BCUT2D eigenvalue weighted by Gasteiger charge is 2.21. The number of carbonyl (C=O) groups is 1. The van der Waals surface area contributed by atoms with E-state index in [2.05, 4.69) is 10.2 Å². The quantitative estimate of drug-likeness (QED) is 0.700. The number of halogens is 1. The Kier molecular flexibility index (Phi) is 7.39. The van der Waals surface area contributed by atoms with Gasteiger partial charge in [-0.1, -0.05) is 23.7 Å². The highest BCUT2D eigenvalue weighted by molar-refractivity contribution is 7.90. The molecule has 3 rings (SSSR count). The lowest BCUT2D eigenvalue weighted by molar-refractivity contribution is 0.0903. The molecular weight excluding hydrogens is 424 g/mol. The molecule has 0 spiro atoms. The van der Waals surface area contributed by atoms with Gasteiger partial charge >= 0.3 is 0 Å². The summed E-state index contributed by atoms with van der Waals surface area (Å²) >= 11 is 6.06. The van der Waals surface area contributed by atoms with Crippen LogP contribution >= 0.6 is 11.6 Å². The molecule has 6 nitrogen and oxygen atoms in total. The van der Waals surface area contributed by atoms with E-state index in [1.807, 2.05) is 25.1 Å². The highest BCUT2D eigenvalue weighted by Crippen LogP contribution is 2.24. The van der Waals surface area contributed by atoms with Crippen molar-refractivity contribution in [3.63, 3.8) is 0 Å². The minimum absolute atomic E-state index is 0.0536. The molecule has 1 aliphatic heterocycles. The van der Waals surface area contributed by atoms with E-state index in [4.69, 9.17) is 16.3 Å². The summed E-state index contributed by atoms with van der Waals surface area (Å²) < 4.78 is 29.8. The molecule has 1 fully saturated rings. The summed E-state index contributed by atoms with van der Waals surface area (Å²) in [6.45, 7) is 4.89. The molecule has 0 aromatic heterocycles. The van der Waals surface area contributed by atoms with Gasteiger partial charge in [0.2, 0.25) is 0 Å². The van der Waals surface area contributed by atoms with E-state index >= 15 is 0 Å². The van der Waals surface area contributed by atoms with Crippen LogP contribution in [0.1, 0.15) is 28.8 Å². The Morgan fingerprint density at radius 2 is 1.90 bits per heavy atom. The first-order valence-corrected chi connectivity index (χ1v) is 12.2. The Bertz CT molecular complexity index is 1000. The molecule has 1 aliphatic rings. The Balaban J connectivity index is 1.44. The number of carbonyl (C=O) groups excluding carboxylic acids is 1. The van der Waals surface area contributed by atoms with Crippen LogP contribution < -0.4 is 10.1 Å². The summed E-state index contributed by atoms with van der Waals surface area (Å²) in [6, 6.07) is 12.0. The molecule has 8 heteroatoms. The fourth-order valence-electron chi connectivity index (χ4n) is 3.53. The van der Waals surface area contributed by atoms with E-state index in [0.29, 0.717) is 13.1 Å². The molecule has 1 heterocycles. The second-order valence-corrected chi connectivity index (χ2v) is 9.99. The predicted octanol–water partition coefficient (Wildman–Crippen LogP) is 3.33. The van der Waals surface area contributed by atoms with Gasteiger partial charge in [-0.15, -0.1) is 0 Å². The van der Waals surface area contributed by atoms with Gasteiger partial charge in [-0.05, 0) is 55.7 Å². The number of nitrogens with zero attached hydrogens (tertiary/aromatic N) is 1. The molecular formula is C22H27ClN2O4S. The van der Waals surface area contributed by atoms with Crippen molar-refractivity contribution < 1.29 is 17.9 Å². The summed E-state index contributed by atoms with van der Waals surface area (Å²) in [4.78, 5) is 14.8. The van der Waals surface area contributed by atoms with Gasteiger partial charge in [-0.2, -0.15) is 0 Å². The number of hydrogen-bond acceptors (Lipinski definition) is 5. The van der Waals surface area contributed by atoms with Crippen molar-refractivity contribution >= 4 is 27.3 Å². The fourth-order valence-corrected chi connectivity index (χ4v) is 4.54. The number of nitrogens with one attached hydrogen (secondary N) is 1. The zero-order valence-corrected chi connectivity index (χ0v) is 18.8. The second kappa shape index (κ2) is 9.81. The van der Waals surface area contributed by atoms with Crippen LogP contribution in [0, 0.1) is 6.92 Å². The van der Waals surface area contributed by atoms with Gasteiger partial charge in [0.1, 0.15) is 11.9 Å². The number of piperidine rings is 1. The molecule has 0 bridgehead atoms. The van der Waals surface area contributed by atoms with Crippen LogP contribution in [0.2, 0.25) is 5.02 Å². The molecule has 2 aromatic rings. The number of amides is 1. The van der Waals surface area contributed by atoms with E-state index < -0.39 is 9.84 Å². The zero-order valence-electron chi connectivity index (χ0n) is 17.2. The van der Waals surface area contributed by atoms with Crippen LogP contribution in [-0.4, -0.2) is 57.8 Å². The fraction of sp³-hybridized carbons (Fsp3) is 0.409. The minimum Gasteiger partial charge on any atom is -0.490 e. The molecule has 0 atom stereocenters. The van der Waals surface area contributed by atoms with Gasteiger partial charge < -0.3 is 15.0 Å². The van der Waals surface area contributed by atoms with Crippen LogP contribution in [0.25, 0.3) is 0 Å². The molecule has 30 heavy (non-hydrogen) atoms. The van der Waals surface area contributed by atoms with Gasteiger partial charge in [-0.25, -0.2) is 8.42 Å². The first-order valence-electron chi connectivity index (χ1n) is 9.96. The van der Waals surface area contributed by atoms with Crippen molar-refractivity contribution in [3.05, 3.63) is 58.6 Å². The van der Waals surface area contributed by atoms with Crippen LogP contribution in [0.5, 0.6) is 5.75 Å². The third-order valence-electron chi connectivity index (χ3n) is 5.21. The largest absolute Gasteiger partial charge is 0.490 e. The standard InChI is InChI=1S/C22H27ClN2O4S/c1-16-15-18(7-8-20(16)23)29-17-9-12-25(13-10-17)14-11-24-22(26)19-5-3-4-6-21(19)30(2,27)28/h3-8,15,17H,9-14H2,1-2H3,(H,24,26). The Labute approximate surface area is 183 Å². The molecule has 162 valence electrons. The number of ether oxygens (including phenoxy) is 1. The lowest BCUT2D eigenvalue weighted by Crippen LogP contribution is -2.42. The lowest BCUT2D eigenvalue weighted by Gasteiger charge is -2.32. The summed E-state index contributed by atoms with van der Waals surface area (Å²) in [6.07, 6.45) is 3.09. The summed E-state index contributed by atoms with van der Waals surface area (Å²) in [5, 5.41) is 3.57. The van der Waals surface area contributed by atoms with Crippen LogP contribution in [0.4, 0.5) is 0 Å². The van der Waals surface area contributed by atoms with Crippen molar-refractivity contribution in [1.82, 2.24) is 10.2 Å². The van der Waals surface area contributed by atoms with E-state index in [1.165, 1.54) is 12.1 Å². The van der Waals surface area contributed by atoms with Crippen LogP contribution in [0.3, 0.4) is 0 Å².